The molecule has 0 spiro atoms. The number of thiocarbonyl (C=S) groups is 1. The fourth-order valence-electron chi connectivity index (χ4n) is 0.469. The second-order valence-corrected chi connectivity index (χ2v) is 2.82. The van der Waals surface area contributed by atoms with Crippen molar-refractivity contribution >= 4 is 17.4 Å². The van der Waals surface area contributed by atoms with Crippen molar-refractivity contribution in [2.24, 2.45) is 0 Å². The standard InChI is InChI=1S/C8H15NOS/c1-4-5-10-8(11)9-6-7(2)3/h2,4-6H2,1,3H3,(H,9,11). The van der Waals surface area contributed by atoms with E-state index in [9.17, 15) is 0 Å². The minimum absolute atomic E-state index is 0.467. The van der Waals surface area contributed by atoms with E-state index < -0.39 is 0 Å². The van der Waals surface area contributed by atoms with Gasteiger partial charge in [-0.1, -0.05) is 19.1 Å². The first-order valence-electron chi connectivity index (χ1n) is 3.71. The lowest BCUT2D eigenvalue weighted by Crippen LogP contribution is -2.25. The molecule has 0 bridgehead atoms. The van der Waals surface area contributed by atoms with Gasteiger partial charge in [-0.15, -0.1) is 0 Å². The van der Waals surface area contributed by atoms with Crippen molar-refractivity contribution < 1.29 is 4.74 Å². The van der Waals surface area contributed by atoms with Gasteiger partial charge in [-0.25, -0.2) is 0 Å². The molecule has 0 saturated heterocycles. The third-order valence-corrected chi connectivity index (χ3v) is 1.23. The van der Waals surface area contributed by atoms with Crippen LogP contribution in [0.1, 0.15) is 20.3 Å². The van der Waals surface area contributed by atoms with Crippen molar-refractivity contribution in [1.29, 1.82) is 0 Å². The molecule has 64 valence electrons. The van der Waals surface area contributed by atoms with Gasteiger partial charge in [-0.2, -0.15) is 0 Å². The summed E-state index contributed by atoms with van der Waals surface area (Å²) in [7, 11) is 0. The number of hydrogen-bond donors (Lipinski definition) is 1. The zero-order chi connectivity index (χ0) is 8.69. The maximum atomic E-state index is 5.12. The lowest BCUT2D eigenvalue weighted by Gasteiger charge is -2.07. The Morgan fingerprint density at radius 1 is 1.64 bits per heavy atom. The third-order valence-electron chi connectivity index (χ3n) is 0.972. The SMILES string of the molecule is C=C(C)CNC(=S)OCCC. The molecule has 0 aliphatic heterocycles. The maximum absolute atomic E-state index is 5.12. The Hall–Kier alpha value is -0.570. The first kappa shape index (κ1) is 10.4. The monoisotopic (exact) mass is 173 g/mol. The summed E-state index contributed by atoms with van der Waals surface area (Å²) in [6.07, 6.45) is 0.981. The van der Waals surface area contributed by atoms with E-state index in [0.717, 1.165) is 12.0 Å². The molecule has 0 heterocycles. The second-order valence-electron chi connectivity index (χ2n) is 2.45. The molecular weight excluding hydrogens is 158 g/mol. The maximum Gasteiger partial charge on any atom is 0.256 e. The summed E-state index contributed by atoms with van der Waals surface area (Å²) in [4.78, 5) is 0. The normalized spacial score (nSPS) is 8.91. The van der Waals surface area contributed by atoms with Crippen LogP contribution in [-0.4, -0.2) is 18.3 Å². The van der Waals surface area contributed by atoms with E-state index >= 15 is 0 Å². The molecule has 2 nitrogen and oxygen atoms in total. The lowest BCUT2D eigenvalue weighted by molar-refractivity contribution is 0.299. The van der Waals surface area contributed by atoms with Crippen LogP contribution in [0.3, 0.4) is 0 Å². The van der Waals surface area contributed by atoms with Crippen molar-refractivity contribution in [3.63, 3.8) is 0 Å². The van der Waals surface area contributed by atoms with E-state index in [-0.39, 0.29) is 0 Å². The van der Waals surface area contributed by atoms with Gasteiger partial charge in [-0.05, 0) is 25.6 Å². The topological polar surface area (TPSA) is 21.3 Å². The van der Waals surface area contributed by atoms with E-state index in [1.807, 2.05) is 13.8 Å². The molecule has 11 heavy (non-hydrogen) atoms. The Balaban J connectivity index is 3.30. The summed E-state index contributed by atoms with van der Waals surface area (Å²) in [6, 6.07) is 0. The molecule has 0 amide bonds. The van der Waals surface area contributed by atoms with Gasteiger partial charge in [0.15, 0.2) is 0 Å². The van der Waals surface area contributed by atoms with Crippen LogP contribution in [0.4, 0.5) is 0 Å². The number of hydrogen-bond acceptors (Lipinski definition) is 2. The van der Waals surface area contributed by atoms with Gasteiger partial charge in [0, 0.05) is 6.54 Å². The minimum atomic E-state index is 0.467. The largest absolute Gasteiger partial charge is 0.471 e. The first-order chi connectivity index (χ1) is 5.16. The minimum Gasteiger partial charge on any atom is -0.471 e. The Morgan fingerprint density at radius 3 is 2.73 bits per heavy atom. The summed E-state index contributed by atoms with van der Waals surface area (Å²) in [5, 5.41) is 3.39. The molecule has 0 fully saturated rings. The van der Waals surface area contributed by atoms with Gasteiger partial charge in [-0.3, -0.25) is 0 Å². The second kappa shape index (κ2) is 6.16. The average Bonchev–Trinajstić information content (AvgIpc) is 1.97. The predicted molar refractivity (Wildman–Crippen MR) is 51.7 cm³/mol. The lowest BCUT2D eigenvalue weighted by atomic mass is 10.4. The number of ether oxygens (including phenoxy) is 1. The first-order valence-corrected chi connectivity index (χ1v) is 4.12. The third kappa shape index (κ3) is 7.33. The summed E-state index contributed by atoms with van der Waals surface area (Å²) in [5.41, 5.74) is 1.05. The van der Waals surface area contributed by atoms with Crippen molar-refractivity contribution in [3.05, 3.63) is 12.2 Å². The fourth-order valence-corrected chi connectivity index (χ4v) is 0.624. The molecule has 1 N–H and O–H groups in total. The van der Waals surface area contributed by atoms with Gasteiger partial charge in [0.1, 0.15) is 0 Å². The Labute approximate surface area is 73.6 Å². The zero-order valence-electron chi connectivity index (χ0n) is 7.14. The van der Waals surface area contributed by atoms with Gasteiger partial charge in [0.05, 0.1) is 6.61 Å². The van der Waals surface area contributed by atoms with Crippen molar-refractivity contribution in [3.8, 4) is 0 Å². The number of nitrogens with one attached hydrogen (secondary N) is 1. The average molecular weight is 173 g/mol. The van der Waals surface area contributed by atoms with Gasteiger partial charge >= 0.3 is 0 Å². The summed E-state index contributed by atoms with van der Waals surface area (Å²) in [5.74, 6) is 0. The zero-order valence-corrected chi connectivity index (χ0v) is 7.96. The Kier molecular flexibility index (Phi) is 5.84. The molecule has 0 aliphatic carbocycles. The van der Waals surface area contributed by atoms with Crippen LogP contribution in [0.25, 0.3) is 0 Å². The molecule has 0 aromatic rings. The highest BCUT2D eigenvalue weighted by Crippen LogP contribution is 1.85. The molecule has 0 aliphatic rings. The molecule has 0 rings (SSSR count). The summed E-state index contributed by atoms with van der Waals surface area (Å²) in [6.45, 7) is 9.09. The van der Waals surface area contributed by atoms with E-state index in [1.165, 1.54) is 0 Å². The highest BCUT2D eigenvalue weighted by molar-refractivity contribution is 7.80. The molecule has 0 radical (unpaired) electrons. The Morgan fingerprint density at radius 2 is 2.27 bits per heavy atom. The van der Waals surface area contributed by atoms with Crippen molar-refractivity contribution in [1.82, 2.24) is 5.32 Å². The molecule has 0 aromatic carbocycles. The summed E-state index contributed by atoms with van der Waals surface area (Å²) < 4.78 is 5.12. The fraction of sp³-hybridized carbons (Fsp3) is 0.625. The molecule has 0 atom stereocenters. The van der Waals surface area contributed by atoms with Crippen LogP contribution in [-0.2, 0) is 4.74 Å². The van der Waals surface area contributed by atoms with Crippen LogP contribution in [0.5, 0.6) is 0 Å². The number of rotatable bonds is 4. The van der Waals surface area contributed by atoms with Crippen LogP contribution in [0, 0.1) is 0 Å². The van der Waals surface area contributed by atoms with Gasteiger partial charge in [0.25, 0.3) is 5.17 Å². The smallest absolute Gasteiger partial charge is 0.256 e. The van der Waals surface area contributed by atoms with Crippen LogP contribution in [0.15, 0.2) is 12.2 Å². The highest BCUT2D eigenvalue weighted by Gasteiger charge is 1.93. The van der Waals surface area contributed by atoms with E-state index in [1.54, 1.807) is 0 Å². The van der Waals surface area contributed by atoms with Crippen LogP contribution in [0.2, 0.25) is 0 Å². The van der Waals surface area contributed by atoms with E-state index in [4.69, 9.17) is 17.0 Å². The quantitative estimate of drug-likeness (QED) is 0.518. The van der Waals surface area contributed by atoms with Gasteiger partial charge < -0.3 is 10.1 Å². The van der Waals surface area contributed by atoms with Crippen LogP contribution >= 0.6 is 12.2 Å². The Bertz CT molecular complexity index is 145. The van der Waals surface area contributed by atoms with Crippen molar-refractivity contribution in [2.45, 2.75) is 20.3 Å². The molecule has 0 saturated carbocycles. The van der Waals surface area contributed by atoms with E-state index in [2.05, 4.69) is 11.9 Å². The predicted octanol–water partition coefficient (Wildman–Crippen LogP) is 1.86. The highest BCUT2D eigenvalue weighted by atomic mass is 32.1. The summed E-state index contributed by atoms with van der Waals surface area (Å²) >= 11 is 4.86. The van der Waals surface area contributed by atoms with E-state index in [0.29, 0.717) is 18.3 Å². The molecule has 0 aromatic heterocycles. The molecule has 0 unspecified atom stereocenters. The molecular formula is C8H15NOS. The van der Waals surface area contributed by atoms with Crippen molar-refractivity contribution in [2.75, 3.05) is 13.2 Å². The van der Waals surface area contributed by atoms with Gasteiger partial charge in [0.2, 0.25) is 0 Å². The van der Waals surface area contributed by atoms with Crippen LogP contribution < -0.4 is 5.32 Å². The molecule has 3 heteroatoms.